The summed E-state index contributed by atoms with van der Waals surface area (Å²) in [6, 6.07) is 6.58. The maximum Gasteiger partial charge on any atom is 0.357 e. The number of nitrogens with two attached hydrogens (primary N) is 2. The highest BCUT2D eigenvalue weighted by Gasteiger charge is 2.42. The predicted molar refractivity (Wildman–Crippen MR) is 77.8 cm³/mol. The van der Waals surface area contributed by atoms with Gasteiger partial charge in [-0.1, -0.05) is 17.9 Å². The molecule has 0 radical (unpaired) electrons. The molecule has 0 saturated heterocycles. The van der Waals surface area contributed by atoms with E-state index in [0.717, 1.165) is 0 Å². The Morgan fingerprint density at radius 3 is 2.82 bits per heavy atom. The average molecular weight is 305 g/mol. The maximum atomic E-state index is 13.4. The summed E-state index contributed by atoms with van der Waals surface area (Å²) in [5, 5.41) is 8.80. The first-order chi connectivity index (χ1) is 10.4. The van der Waals surface area contributed by atoms with Crippen LogP contribution in [-0.2, 0) is 4.79 Å². The van der Waals surface area contributed by atoms with Gasteiger partial charge in [0.2, 0.25) is 5.88 Å². The van der Waals surface area contributed by atoms with Crippen LogP contribution in [0.4, 0.5) is 4.39 Å². The predicted octanol–water partition coefficient (Wildman–Crippen LogP) is 0.985. The number of alkyl halides is 1. The molecule has 6 N–H and O–H groups in total. The smallest absolute Gasteiger partial charge is 0.357 e. The molecule has 0 bridgehead atoms. The van der Waals surface area contributed by atoms with Crippen molar-refractivity contribution < 1.29 is 19.0 Å². The molecule has 1 saturated carbocycles. The molecule has 1 aliphatic carbocycles. The van der Waals surface area contributed by atoms with Crippen molar-refractivity contribution in [3.05, 3.63) is 41.4 Å². The van der Waals surface area contributed by atoms with Crippen molar-refractivity contribution in [2.75, 3.05) is 0 Å². The molecule has 7 heteroatoms. The largest absolute Gasteiger partial charge is 0.476 e. The Hall–Kier alpha value is -2.72. The molecule has 2 rings (SSSR count). The second-order valence-corrected chi connectivity index (χ2v) is 4.95. The zero-order valence-electron chi connectivity index (χ0n) is 11.7. The van der Waals surface area contributed by atoms with E-state index in [1.807, 2.05) is 0 Å². The van der Waals surface area contributed by atoms with Crippen LogP contribution in [0.15, 0.2) is 35.8 Å². The van der Waals surface area contributed by atoms with Gasteiger partial charge >= 0.3 is 5.97 Å². The highest BCUT2D eigenvalue weighted by Crippen LogP contribution is 2.42. The minimum atomic E-state index is -1.36. The highest BCUT2D eigenvalue weighted by atomic mass is 19.1. The van der Waals surface area contributed by atoms with Crippen molar-refractivity contribution in [2.45, 2.75) is 24.9 Å². The molecule has 0 atom stereocenters. The lowest BCUT2D eigenvalue weighted by Gasteiger charge is -2.10. The summed E-state index contributed by atoms with van der Waals surface area (Å²) in [5.41, 5.74) is 6.38. The van der Waals surface area contributed by atoms with Crippen LogP contribution in [0, 0.1) is 11.8 Å². The molecule has 0 unspecified atom stereocenters. The fraction of sp³-hybridized carbons (Fsp3) is 0.267. The van der Waals surface area contributed by atoms with Crippen LogP contribution in [0.5, 0.6) is 5.75 Å². The number of rotatable bonds is 5. The third-order valence-corrected chi connectivity index (χ3v) is 3.09. The van der Waals surface area contributed by atoms with E-state index in [1.165, 1.54) is 0 Å². The summed E-state index contributed by atoms with van der Waals surface area (Å²) < 4.78 is 18.7. The third kappa shape index (κ3) is 4.14. The average Bonchev–Trinajstić information content (AvgIpc) is 3.22. The van der Waals surface area contributed by atoms with E-state index in [4.69, 9.17) is 21.4 Å². The summed E-state index contributed by atoms with van der Waals surface area (Å²) >= 11 is 0. The number of carboxylic acids is 1. The SMILES string of the molecule is NN/C(Oc1cccc(C#CCC2(F)CC2)c1)=C(\N)C(=O)O. The van der Waals surface area contributed by atoms with Gasteiger partial charge in [-0.3, -0.25) is 5.43 Å². The van der Waals surface area contributed by atoms with Crippen molar-refractivity contribution in [1.29, 1.82) is 0 Å². The first-order valence-electron chi connectivity index (χ1n) is 6.59. The first kappa shape index (κ1) is 15.7. The normalized spacial score (nSPS) is 15.9. The van der Waals surface area contributed by atoms with Gasteiger partial charge in [0, 0.05) is 12.0 Å². The lowest BCUT2D eigenvalue weighted by atomic mass is 10.2. The molecule has 1 aromatic rings. The molecule has 6 nitrogen and oxygen atoms in total. The van der Waals surface area contributed by atoms with Crippen LogP contribution in [0.2, 0.25) is 0 Å². The fourth-order valence-electron chi connectivity index (χ4n) is 1.63. The van der Waals surface area contributed by atoms with Gasteiger partial charge in [-0.05, 0) is 31.0 Å². The van der Waals surface area contributed by atoms with Crippen molar-refractivity contribution in [1.82, 2.24) is 5.43 Å². The number of halogens is 1. The lowest BCUT2D eigenvalue weighted by Crippen LogP contribution is -2.31. The summed E-state index contributed by atoms with van der Waals surface area (Å²) in [4.78, 5) is 10.8. The van der Waals surface area contributed by atoms with Gasteiger partial charge in [0.15, 0.2) is 5.70 Å². The molecule has 1 aromatic carbocycles. The molecule has 0 amide bonds. The van der Waals surface area contributed by atoms with Crippen molar-refractivity contribution in [3.63, 3.8) is 0 Å². The van der Waals surface area contributed by atoms with Gasteiger partial charge in [0.05, 0.1) is 0 Å². The second-order valence-electron chi connectivity index (χ2n) is 4.95. The monoisotopic (exact) mass is 305 g/mol. The number of carboxylic acid groups (broad SMARTS) is 1. The van der Waals surface area contributed by atoms with Crippen LogP contribution in [0.3, 0.4) is 0 Å². The zero-order chi connectivity index (χ0) is 16.2. The molecule has 0 aliphatic heterocycles. The van der Waals surface area contributed by atoms with Crippen LogP contribution >= 0.6 is 0 Å². The van der Waals surface area contributed by atoms with E-state index in [2.05, 4.69) is 17.3 Å². The van der Waals surface area contributed by atoms with Crippen molar-refractivity contribution in [2.24, 2.45) is 11.6 Å². The Morgan fingerprint density at radius 1 is 1.50 bits per heavy atom. The standard InChI is InChI=1S/C15H16FN3O3/c16-15(7-8-15)6-2-4-10-3-1-5-11(9-10)22-13(19-18)12(17)14(20)21/h1,3,5,9,19H,6-8,17-18H2,(H,20,21)/b13-12+. The van der Waals surface area contributed by atoms with Gasteiger partial charge in [-0.2, -0.15) is 0 Å². The molecule has 116 valence electrons. The third-order valence-electron chi connectivity index (χ3n) is 3.09. The molecule has 0 spiro atoms. The number of aliphatic carboxylic acids is 1. The van der Waals surface area contributed by atoms with Gasteiger partial charge in [0.1, 0.15) is 11.4 Å². The number of carbonyl (C=O) groups is 1. The Morgan fingerprint density at radius 2 is 2.23 bits per heavy atom. The van der Waals surface area contributed by atoms with Gasteiger partial charge < -0.3 is 15.6 Å². The van der Waals surface area contributed by atoms with Crippen LogP contribution < -0.4 is 21.7 Å². The Balaban J connectivity index is 2.10. The number of hydrazine groups is 1. The molecular formula is C15H16FN3O3. The van der Waals surface area contributed by atoms with Crippen LogP contribution in [-0.4, -0.2) is 16.7 Å². The van der Waals surface area contributed by atoms with Crippen LogP contribution in [0.25, 0.3) is 0 Å². The number of hydrogen-bond donors (Lipinski definition) is 4. The van der Waals surface area contributed by atoms with E-state index >= 15 is 0 Å². The van der Waals surface area contributed by atoms with E-state index < -0.39 is 17.3 Å². The van der Waals surface area contributed by atoms with E-state index in [1.54, 1.807) is 24.3 Å². The fourth-order valence-corrected chi connectivity index (χ4v) is 1.63. The lowest BCUT2D eigenvalue weighted by molar-refractivity contribution is -0.132. The highest BCUT2D eigenvalue weighted by molar-refractivity contribution is 5.85. The topological polar surface area (TPSA) is 111 Å². The summed E-state index contributed by atoms with van der Waals surface area (Å²) in [6.07, 6.45) is 1.34. The maximum absolute atomic E-state index is 13.4. The number of benzene rings is 1. The summed E-state index contributed by atoms with van der Waals surface area (Å²) in [6.45, 7) is 0. The number of hydrogen-bond acceptors (Lipinski definition) is 5. The molecule has 0 aromatic heterocycles. The molecular weight excluding hydrogens is 289 g/mol. The van der Waals surface area contributed by atoms with Crippen LogP contribution in [0.1, 0.15) is 24.8 Å². The number of ether oxygens (including phenoxy) is 1. The van der Waals surface area contributed by atoms with Crippen molar-refractivity contribution in [3.8, 4) is 17.6 Å². The van der Waals surface area contributed by atoms with Gasteiger partial charge in [-0.25, -0.2) is 15.0 Å². The van der Waals surface area contributed by atoms with E-state index in [9.17, 15) is 9.18 Å². The van der Waals surface area contributed by atoms with E-state index in [-0.39, 0.29) is 12.3 Å². The minimum Gasteiger partial charge on any atom is -0.476 e. The van der Waals surface area contributed by atoms with Gasteiger partial charge in [-0.15, -0.1) is 0 Å². The molecule has 1 fully saturated rings. The van der Waals surface area contributed by atoms with Gasteiger partial charge in [0.25, 0.3) is 0 Å². The zero-order valence-corrected chi connectivity index (χ0v) is 11.7. The second kappa shape index (κ2) is 6.37. The Kier molecular flexibility index (Phi) is 4.53. The minimum absolute atomic E-state index is 0.208. The molecule has 0 heterocycles. The molecule has 1 aliphatic rings. The summed E-state index contributed by atoms with van der Waals surface area (Å²) in [7, 11) is 0. The van der Waals surface area contributed by atoms with Crippen molar-refractivity contribution >= 4 is 5.97 Å². The Labute approximate surface area is 126 Å². The number of nitrogens with one attached hydrogen (secondary N) is 1. The summed E-state index contributed by atoms with van der Waals surface area (Å²) in [5.74, 6) is 9.49. The van der Waals surface area contributed by atoms with E-state index in [0.29, 0.717) is 24.2 Å². The molecule has 22 heavy (non-hydrogen) atoms. The Bertz CT molecular complexity index is 672. The quantitative estimate of drug-likeness (QED) is 0.212. The first-order valence-corrected chi connectivity index (χ1v) is 6.59.